The van der Waals surface area contributed by atoms with Gasteiger partial charge in [0.15, 0.2) is 0 Å². The summed E-state index contributed by atoms with van der Waals surface area (Å²) in [7, 11) is 0. The average molecular weight is 306 g/mol. The predicted molar refractivity (Wildman–Crippen MR) is 76.1 cm³/mol. The molecule has 1 fully saturated rings. The van der Waals surface area contributed by atoms with E-state index >= 15 is 0 Å². The van der Waals surface area contributed by atoms with Crippen molar-refractivity contribution < 1.29 is 13.2 Å². The second-order valence-corrected chi connectivity index (χ2v) is 5.88. The monoisotopic (exact) mass is 305 g/mol. The SMILES string of the molecule is CCC1CCCC(Nc2ccc(Cl)c(C(F)(F)F)c2)C1. The van der Waals surface area contributed by atoms with Crippen LogP contribution < -0.4 is 5.32 Å². The standard InChI is InChI=1S/C15H19ClF3N/c1-2-10-4-3-5-11(8-10)20-12-6-7-14(16)13(9-12)15(17,18)19/h6-7,9-11,20H,2-5,8H2,1H3. The highest BCUT2D eigenvalue weighted by molar-refractivity contribution is 6.31. The molecular formula is C15H19ClF3N. The number of halogens is 4. The quantitative estimate of drug-likeness (QED) is 0.751. The molecule has 0 amide bonds. The Morgan fingerprint density at radius 1 is 1.30 bits per heavy atom. The van der Waals surface area contributed by atoms with Gasteiger partial charge in [0.25, 0.3) is 0 Å². The summed E-state index contributed by atoms with van der Waals surface area (Å²) in [4.78, 5) is 0. The van der Waals surface area contributed by atoms with Crippen LogP contribution in [0.3, 0.4) is 0 Å². The number of hydrogen-bond acceptors (Lipinski definition) is 1. The highest BCUT2D eigenvalue weighted by Gasteiger charge is 2.33. The van der Waals surface area contributed by atoms with Gasteiger partial charge in [0.05, 0.1) is 10.6 Å². The molecule has 1 aromatic rings. The highest BCUT2D eigenvalue weighted by atomic mass is 35.5. The van der Waals surface area contributed by atoms with Crippen molar-refractivity contribution >= 4 is 17.3 Å². The Bertz CT molecular complexity index is 459. The number of alkyl halides is 3. The van der Waals surface area contributed by atoms with Crippen LogP contribution in [0.4, 0.5) is 18.9 Å². The third kappa shape index (κ3) is 3.81. The minimum Gasteiger partial charge on any atom is -0.382 e. The number of anilines is 1. The fourth-order valence-corrected chi connectivity index (χ4v) is 3.09. The molecule has 0 spiro atoms. The second-order valence-electron chi connectivity index (χ2n) is 5.47. The molecule has 1 saturated carbocycles. The van der Waals surface area contributed by atoms with E-state index in [1.807, 2.05) is 0 Å². The zero-order valence-corrected chi connectivity index (χ0v) is 12.2. The molecule has 0 bridgehead atoms. The van der Waals surface area contributed by atoms with E-state index in [1.165, 1.54) is 12.5 Å². The van der Waals surface area contributed by atoms with E-state index in [0.717, 1.165) is 31.7 Å². The molecular weight excluding hydrogens is 287 g/mol. The van der Waals surface area contributed by atoms with Crippen molar-refractivity contribution in [3.05, 3.63) is 28.8 Å². The summed E-state index contributed by atoms with van der Waals surface area (Å²) in [6.45, 7) is 2.16. The maximum absolute atomic E-state index is 12.8. The minimum atomic E-state index is -4.41. The lowest BCUT2D eigenvalue weighted by molar-refractivity contribution is -0.137. The second kappa shape index (κ2) is 6.25. The number of nitrogens with one attached hydrogen (secondary N) is 1. The van der Waals surface area contributed by atoms with Crippen molar-refractivity contribution in [1.29, 1.82) is 0 Å². The molecule has 2 atom stereocenters. The van der Waals surface area contributed by atoms with Gasteiger partial charge in [-0.3, -0.25) is 0 Å². The van der Waals surface area contributed by atoms with Crippen molar-refractivity contribution in [2.24, 2.45) is 5.92 Å². The lowest BCUT2D eigenvalue weighted by Gasteiger charge is -2.30. The summed E-state index contributed by atoms with van der Waals surface area (Å²) >= 11 is 5.62. The van der Waals surface area contributed by atoms with Crippen LogP contribution in [0, 0.1) is 5.92 Å². The number of hydrogen-bond donors (Lipinski definition) is 1. The molecule has 20 heavy (non-hydrogen) atoms. The van der Waals surface area contributed by atoms with Gasteiger partial charge >= 0.3 is 6.18 Å². The average Bonchev–Trinajstić information content (AvgIpc) is 2.40. The molecule has 1 nitrogen and oxygen atoms in total. The van der Waals surface area contributed by atoms with Gasteiger partial charge in [-0.2, -0.15) is 13.2 Å². The van der Waals surface area contributed by atoms with Crippen molar-refractivity contribution in [2.75, 3.05) is 5.32 Å². The first-order valence-corrected chi connectivity index (χ1v) is 7.41. The highest BCUT2D eigenvalue weighted by Crippen LogP contribution is 2.37. The number of rotatable bonds is 3. The van der Waals surface area contributed by atoms with E-state index in [4.69, 9.17) is 11.6 Å². The van der Waals surface area contributed by atoms with Crippen LogP contribution in [0.15, 0.2) is 18.2 Å². The van der Waals surface area contributed by atoms with Gasteiger partial charge in [0, 0.05) is 11.7 Å². The molecule has 1 aromatic carbocycles. The van der Waals surface area contributed by atoms with E-state index in [2.05, 4.69) is 12.2 Å². The fourth-order valence-electron chi connectivity index (χ4n) is 2.86. The molecule has 5 heteroatoms. The summed E-state index contributed by atoms with van der Waals surface area (Å²) < 4.78 is 38.4. The molecule has 1 aliphatic rings. The van der Waals surface area contributed by atoms with Gasteiger partial charge < -0.3 is 5.32 Å². The van der Waals surface area contributed by atoms with Crippen molar-refractivity contribution in [2.45, 2.75) is 51.2 Å². The van der Waals surface area contributed by atoms with E-state index < -0.39 is 11.7 Å². The first-order valence-electron chi connectivity index (χ1n) is 7.03. The molecule has 0 heterocycles. The van der Waals surface area contributed by atoms with Gasteiger partial charge in [0.2, 0.25) is 0 Å². The predicted octanol–water partition coefficient (Wildman–Crippen LogP) is 5.74. The Hall–Kier alpha value is -0.900. The Balaban J connectivity index is 2.10. The molecule has 0 radical (unpaired) electrons. The van der Waals surface area contributed by atoms with Crippen LogP contribution in [-0.4, -0.2) is 6.04 Å². The van der Waals surface area contributed by atoms with Crippen LogP contribution >= 0.6 is 11.6 Å². The summed E-state index contributed by atoms with van der Waals surface area (Å²) in [6.07, 6.45) is 1.12. The molecule has 2 rings (SSSR count). The third-order valence-corrected chi connectivity index (χ3v) is 4.33. The lowest BCUT2D eigenvalue weighted by Crippen LogP contribution is -2.27. The van der Waals surface area contributed by atoms with Gasteiger partial charge in [-0.15, -0.1) is 0 Å². The van der Waals surface area contributed by atoms with Crippen LogP contribution in [0.25, 0.3) is 0 Å². The van der Waals surface area contributed by atoms with Crippen molar-refractivity contribution in [3.8, 4) is 0 Å². The maximum Gasteiger partial charge on any atom is 0.417 e. The van der Waals surface area contributed by atoms with Crippen molar-refractivity contribution in [3.63, 3.8) is 0 Å². The first kappa shape index (κ1) is 15.5. The summed E-state index contributed by atoms with van der Waals surface area (Å²) in [6, 6.07) is 4.30. The Morgan fingerprint density at radius 3 is 2.70 bits per heavy atom. The van der Waals surface area contributed by atoms with E-state index in [0.29, 0.717) is 11.6 Å². The van der Waals surface area contributed by atoms with Crippen LogP contribution in [-0.2, 0) is 6.18 Å². The molecule has 2 unspecified atom stereocenters. The van der Waals surface area contributed by atoms with E-state index in [1.54, 1.807) is 6.07 Å². The normalized spacial score (nSPS) is 23.6. The fraction of sp³-hybridized carbons (Fsp3) is 0.600. The Labute approximate surface area is 122 Å². The Kier molecular flexibility index (Phi) is 4.84. The molecule has 1 aliphatic carbocycles. The van der Waals surface area contributed by atoms with Crippen LogP contribution in [0.2, 0.25) is 5.02 Å². The van der Waals surface area contributed by atoms with Gasteiger partial charge in [-0.05, 0) is 37.0 Å². The van der Waals surface area contributed by atoms with Gasteiger partial charge in [0.1, 0.15) is 0 Å². The smallest absolute Gasteiger partial charge is 0.382 e. The van der Waals surface area contributed by atoms with Gasteiger partial charge in [-0.1, -0.05) is 37.8 Å². The zero-order chi connectivity index (χ0) is 14.8. The van der Waals surface area contributed by atoms with E-state index in [9.17, 15) is 13.2 Å². The first-order chi connectivity index (χ1) is 9.40. The van der Waals surface area contributed by atoms with E-state index in [-0.39, 0.29) is 11.1 Å². The summed E-state index contributed by atoms with van der Waals surface area (Å²) in [5.41, 5.74) is -0.268. The molecule has 0 aromatic heterocycles. The largest absolute Gasteiger partial charge is 0.417 e. The summed E-state index contributed by atoms with van der Waals surface area (Å²) in [5.74, 6) is 0.677. The summed E-state index contributed by atoms with van der Waals surface area (Å²) in [5, 5.41) is 2.97. The lowest BCUT2D eigenvalue weighted by atomic mass is 9.84. The van der Waals surface area contributed by atoms with Gasteiger partial charge in [-0.25, -0.2) is 0 Å². The number of benzene rings is 1. The van der Waals surface area contributed by atoms with Crippen molar-refractivity contribution in [1.82, 2.24) is 0 Å². The molecule has 0 aliphatic heterocycles. The Morgan fingerprint density at radius 2 is 2.05 bits per heavy atom. The third-order valence-electron chi connectivity index (χ3n) is 4.00. The minimum absolute atomic E-state index is 0.252. The van der Waals surface area contributed by atoms with Crippen LogP contribution in [0.1, 0.15) is 44.6 Å². The topological polar surface area (TPSA) is 12.0 Å². The molecule has 0 saturated heterocycles. The zero-order valence-electron chi connectivity index (χ0n) is 11.4. The van der Waals surface area contributed by atoms with Crippen LogP contribution in [0.5, 0.6) is 0 Å². The maximum atomic E-state index is 12.8. The molecule has 112 valence electrons. The molecule has 1 N–H and O–H groups in total.